The third kappa shape index (κ3) is 4.12. The van der Waals surface area contributed by atoms with Gasteiger partial charge in [-0.05, 0) is 49.8 Å². The van der Waals surface area contributed by atoms with Gasteiger partial charge >= 0.3 is 0 Å². The molecule has 0 heterocycles. The summed E-state index contributed by atoms with van der Waals surface area (Å²) in [4.78, 5) is 1.32. The number of nitrogens with one attached hydrogen (secondary N) is 1. The smallest absolute Gasteiger partial charge is 0.0444 e. The molecule has 1 aliphatic carbocycles. The molecule has 2 heteroatoms. The van der Waals surface area contributed by atoms with E-state index in [0.29, 0.717) is 6.04 Å². The van der Waals surface area contributed by atoms with Crippen molar-refractivity contribution < 1.29 is 0 Å². The van der Waals surface area contributed by atoms with Crippen molar-refractivity contribution in [2.75, 3.05) is 11.6 Å². The molecule has 1 unspecified atom stereocenters. The van der Waals surface area contributed by atoms with Crippen LogP contribution in [0.3, 0.4) is 0 Å². The van der Waals surface area contributed by atoms with Crippen LogP contribution in [-0.2, 0) is 0 Å². The van der Waals surface area contributed by atoms with Gasteiger partial charge in [-0.3, -0.25) is 0 Å². The van der Waals surface area contributed by atoms with E-state index in [1.54, 1.807) is 11.8 Å². The van der Waals surface area contributed by atoms with E-state index in [1.807, 2.05) is 0 Å². The van der Waals surface area contributed by atoms with Crippen LogP contribution in [-0.4, -0.2) is 12.3 Å². The van der Waals surface area contributed by atoms with Crippen molar-refractivity contribution in [2.45, 2.75) is 43.0 Å². The Bertz CT molecular complexity index is 356. The fraction of sp³-hybridized carbons (Fsp3) is 0.467. The van der Waals surface area contributed by atoms with E-state index < -0.39 is 0 Å². The number of hydrogen-bond donors (Lipinski definition) is 1. The van der Waals surface area contributed by atoms with E-state index in [9.17, 15) is 0 Å². The molecule has 17 heavy (non-hydrogen) atoms. The van der Waals surface area contributed by atoms with Crippen molar-refractivity contribution in [3.63, 3.8) is 0 Å². The summed E-state index contributed by atoms with van der Waals surface area (Å²) >= 11 is 1.79. The molecule has 1 atom stereocenters. The third-order valence-electron chi connectivity index (χ3n) is 3.20. The number of anilines is 1. The van der Waals surface area contributed by atoms with Crippen molar-refractivity contribution in [2.24, 2.45) is 0 Å². The lowest BCUT2D eigenvalue weighted by molar-refractivity contribution is 0.610. The number of benzene rings is 1. The number of rotatable bonds is 3. The number of hydrogen-bond acceptors (Lipinski definition) is 2. The summed E-state index contributed by atoms with van der Waals surface area (Å²) in [6.45, 7) is 0. The van der Waals surface area contributed by atoms with Gasteiger partial charge in [0.2, 0.25) is 0 Å². The van der Waals surface area contributed by atoms with Gasteiger partial charge in [0.15, 0.2) is 0 Å². The Morgan fingerprint density at radius 2 is 1.94 bits per heavy atom. The van der Waals surface area contributed by atoms with E-state index in [4.69, 9.17) is 0 Å². The van der Waals surface area contributed by atoms with Crippen LogP contribution in [0.15, 0.2) is 41.3 Å². The minimum absolute atomic E-state index is 0.510. The average molecular weight is 247 g/mol. The Kier molecular flexibility index (Phi) is 4.99. The molecule has 1 aliphatic rings. The molecule has 1 nitrogen and oxygen atoms in total. The lowest BCUT2D eigenvalue weighted by atomic mass is 10.0. The lowest BCUT2D eigenvalue weighted by Gasteiger charge is -2.18. The second kappa shape index (κ2) is 6.75. The maximum atomic E-state index is 3.60. The van der Waals surface area contributed by atoms with Crippen LogP contribution in [0.2, 0.25) is 0 Å². The van der Waals surface area contributed by atoms with Crippen LogP contribution in [0.5, 0.6) is 0 Å². The number of allylic oxidation sites excluding steroid dienone is 1. The standard InChI is InChI=1S/C15H21NS/c1-17-15-11-9-14(10-12-15)16-13-7-5-3-2-4-6-8-13/h5,7,9-13,16H,2-4,6,8H2,1H3/b7-5+. The van der Waals surface area contributed by atoms with Crippen LogP contribution >= 0.6 is 11.8 Å². The van der Waals surface area contributed by atoms with Gasteiger partial charge in [-0.2, -0.15) is 0 Å². The first-order valence-corrected chi connectivity index (χ1v) is 7.68. The zero-order valence-corrected chi connectivity index (χ0v) is 11.3. The van der Waals surface area contributed by atoms with Crippen LogP contribution < -0.4 is 5.32 Å². The minimum atomic E-state index is 0.510. The predicted molar refractivity (Wildman–Crippen MR) is 77.9 cm³/mol. The van der Waals surface area contributed by atoms with Crippen molar-refractivity contribution >= 4 is 17.4 Å². The summed E-state index contributed by atoms with van der Waals surface area (Å²) in [5.74, 6) is 0. The Hall–Kier alpha value is -0.890. The van der Waals surface area contributed by atoms with Crippen molar-refractivity contribution in [1.82, 2.24) is 0 Å². The molecule has 1 aromatic rings. The monoisotopic (exact) mass is 247 g/mol. The summed E-state index contributed by atoms with van der Waals surface area (Å²) < 4.78 is 0. The molecule has 0 fully saturated rings. The van der Waals surface area contributed by atoms with Crippen LogP contribution in [0, 0.1) is 0 Å². The number of thioether (sulfide) groups is 1. The highest BCUT2D eigenvalue weighted by Gasteiger charge is 2.06. The fourth-order valence-corrected chi connectivity index (χ4v) is 2.59. The first kappa shape index (κ1) is 12.6. The second-order valence-electron chi connectivity index (χ2n) is 4.55. The van der Waals surface area contributed by atoms with Crippen LogP contribution in [0.1, 0.15) is 32.1 Å². The molecular formula is C15H21NS. The van der Waals surface area contributed by atoms with E-state index >= 15 is 0 Å². The van der Waals surface area contributed by atoms with Gasteiger partial charge in [-0.25, -0.2) is 0 Å². The van der Waals surface area contributed by atoms with Gasteiger partial charge in [0, 0.05) is 16.6 Å². The quantitative estimate of drug-likeness (QED) is 0.613. The van der Waals surface area contributed by atoms with Gasteiger partial charge in [-0.1, -0.05) is 25.0 Å². The normalized spacial score (nSPS) is 22.5. The largest absolute Gasteiger partial charge is 0.379 e. The van der Waals surface area contributed by atoms with E-state index in [-0.39, 0.29) is 0 Å². The third-order valence-corrected chi connectivity index (χ3v) is 3.94. The zero-order chi connectivity index (χ0) is 11.9. The van der Waals surface area contributed by atoms with Gasteiger partial charge < -0.3 is 5.32 Å². The Morgan fingerprint density at radius 3 is 2.71 bits per heavy atom. The van der Waals surface area contributed by atoms with Gasteiger partial charge in [-0.15, -0.1) is 11.8 Å². The molecule has 0 spiro atoms. The highest BCUT2D eigenvalue weighted by Crippen LogP contribution is 2.20. The Labute approximate surface area is 109 Å². The average Bonchev–Trinajstić information content (AvgIpc) is 2.33. The molecule has 92 valence electrons. The summed E-state index contributed by atoms with van der Waals surface area (Å²) in [6, 6.07) is 9.23. The molecule has 0 bridgehead atoms. The first-order valence-electron chi connectivity index (χ1n) is 6.46. The maximum Gasteiger partial charge on any atom is 0.0444 e. The highest BCUT2D eigenvalue weighted by atomic mass is 32.2. The molecule has 0 aromatic heterocycles. The minimum Gasteiger partial charge on any atom is -0.379 e. The summed E-state index contributed by atoms with van der Waals surface area (Å²) in [6.07, 6.45) is 13.3. The van der Waals surface area contributed by atoms with Crippen LogP contribution in [0.4, 0.5) is 5.69 Å². The van der Waals surface area contributed by atoms with Gasteiger partial charge in [0.1, 0.15) is 0 Å². The van der Waals surface area contributed by atoms with Gasteiger partial charge in [0.05, 0.1) is 0 Å². The molecular weight excluding hydrogens is 226 g/mol. The Morgan fingerprint density at radius 1 is 1.12 bits per heavy atom. The molecule has 0 amide bonds. The SMILES string of the molecule is CSc1ccc(NC2/C=C/CCCCC2)cc1. The highest BCUT2D eigenvalue weighted by molar-refractivity contribution is 7.98. The van der Waals surface area contributed by atoms with E-state index in [0.717, 1.165) is 0 Å². The summed E-state index contributed by atoms with van der Waals surface area (Å²) in [7, 11) is 0. The fourth-order valence-electron chi connectivity index (χ4n) is 2.18. The molecule has 1 aromatic carbocycles. The first-order chi connectivity index (χ1) is 8.38. The topological polar surface area (TPSA) is 12.0 Å². The Balaban J connectivity index is 1.95. The summed E-state index contributed by atoms with van der Waals surface area (Å²) in [5.41, 5.74) is 1.23. The molecule has 0 saturated carbocycles. The van der Waals surface area contributed by atoms with Crippen molar-refractivity contribution in [1.29, 1.82) is 0 Å². The molecule has 1 N–H and O–H groups in total. The molecule has 2 rings (SSSR count). The van der Waals surface area contributed by atoms with Crippen molar-refractivity contribution in [3.05, 3.63) is 36.4 Å². The molecule has 0 radical (unpaired) electrons. The molecule has 0 aliphatic heterocycles. The lowest BCUT2D eigenvalue weighted by Crippen LogP contribution is -2.17. The maximum absolute atomic E-state index is 3.60. The molecule has 0 saturated heterocycles. The van der Waals surface area contributed by atoms with Crippen molar-refractivity contribution in [3.8, 4) is 0 Å². The second-order valence-corrected chi connectivity index (χ2v) is 5.43. The zero-order valence-electron chi connectivity index (χ0n) is 10.5. The van der Waals surface area contributed by atoms with Gasteiger partial charge in [0.25, 0.3) is 0 Å². The van der Waals surface area contributed by atoms with E-state index in [1.165, 1.54) is 42.7 Å². The van der Waals surface area contributed by atoms with E-state index in [2.05, 4.69) is 48.0 Å². The summed E-state index contributed by atoms with van der Waals surface area (Å²) in [5, 5.41) is 3.60. The predicted octanol–water partition coefficient (Wildman–Crippen LogP) is 4.71. The van der Waals surface area contributed by atoms with Crippen LogP contribution in [0.25, 0.3) is 0 Å².